The number of nitrogens with one attached hydrogen (secondary N) is 1. The number of aromatic nitrogens is 1. The molecule has 6 nitrogen and oxygen atoms in total. The molecule has 16 heavy (non-hydrogen) atoms. The van der Waals surface area contributed by atoms with Crippen LogP contribution in [-0.2, 0) is 4.79 Å². The highest BCUT2D eigenvalue weighted by Crippen LogP contribution is 2.33. The molecule has 1 amide bonds. The minimum Gasteiger partial charge on any atom is -0.305 e. The number of pyridine rings is 1. The average molecular weight is 242 g/mol. The van der Waals surface area contributed by atoms with Gasteiger partial charge in [-0.1, -0.05) is 11.6 Å². The lowest BCUT2D eigenvalue weighted by molar-refractivity contribution is -0.384. The number of hydrogen-bond donors (Lipinski definition) is 1. The first-order chi connectivity index (χ1) is 7.59. The van der Waals surface area contributed by atoms with Gasteiger partial charge in [-0.15, -0.1) is 0 Å². The largest absolute Gasteiger partial charge is 0.330 e. The third-order valence-electron chi connectivity index (χ3n) is 2.25. The number of halogens is 1. The van der Waals surface area contributed by atoms with Gasteiger partial charge in [0.1, 0.15) is 5.02 Å². The summed E-state index contributed by atoms with van der Waals surface area (Å²) in [5.74, 6) is -0.368. The molecular weight excluding hydrogens is 234 g/mol. The van der Waals surface area contributed by atoms with Crippen molar-refractivity contribution in [2.24, 2.45) is 5.92 Å². The summed E-state index contributed by atoms with van der Waals surface area (Å²) < 4.78 is 0. The van der Waals surface area contributed by atoms with E-state index in [1.807, 2.05) is 0 Å². The molecule has 1 aromatic heterocycles. The lowest BCUT2D eigenvalue weighted by atomic mass is 10.3. The molecule has 0 saturated heterocycles. The van der Waals surface area contributed by atoms with Crippen LogP contribution in [0.3, 0.4) is 0 Å². The van der Waals surface area contributed by atoms with Gasteiger partial charge in [-0.2, -0.15) is 0 Å². The quantitative estimate of drug-likeness (QED) is 0.648. The third-order valence-corrected chi connectivity index (χ3v) is 2.55. The molecule has 84 valence electrons. The zero-order chi connectivity index (χ0) is 11.7. The molecule has 7 heteroatoms. The summed E-state index contributed by atoms with van der Waals surface area (Å²) in [7, 11) is 0. The Labute approximate surface area is 95.8 Å². The van der Waals surface area contributed by atoms with Crippen LogP contribution in [0.15, 0.2) is 12.3 Å². The maximum absolute atomic E-state index is 11.4. The normalized spacial score (nSPS) is 14.6. The summed E-state index contributed by atoms with van der Waals surface area (Å²) in [6.07, 6.45) is 2.96. The highest BCUT2D eigenvalue weighted by atomic mass is 35.5. The molecule has 1 heterocycles. The number of carbonyl (C=O) groups excluding carboxylic acids is 1. The molecule has 0 unspecified atom stereocenters. The predicted molar refractivity (Wildman–Crippen MR) is 57.3 cm³/mol. The van der Waals surface area contributed by atoms with Crippen LogP contribution in [0, 0.1) is 16.0 Å². The molecule has 1 aliphatic rings. The Hall–Kier alpha value is -1.69. The first-order valence-electron chi connectivity index (χ1n) is 4.69. The second-order valence-electron chi connectivity index (χ2n) is 3.51. The van der Waals surface area contributed by atoms with Crippen molar-refractivity contribution in [1.82, 2.24) is 4.98 Å². The summed E-state index contributed by atoms with van der Waals surface area (Å²) in [4.78, 5) is 25.3. The van der Waals surface area contributed by atoms with Crippen molar-refractivity contribution in [2.75, 3.05) is 5.32 Å². The number of carbonyl (C=O) groups is 1. The molecule has 0 aromatic carbocycles. The molecule has 0 atom stereocenters. The van der Waals surface area contributed by atoms with E-state index in [9.17, 15) is 14.9 Å². The Kier molecular flexibility index (Phi) is 2.74. The second kappa shape index (κ2) is 4.05. The maximum atomic E-state index is 11.4. The van der Waals surface area contributed by atoms with Crippen LogP contribution >= 0.6 is 11.6 Å². The van der Waals surface area contributed by atoms with Gasteiger partial charge in [0.2, 0.25) is 11.7 Å². The van der Waals surface area contributed by atoms with Crippen molar-refractivity contribution >= 4 is 29.0 Å². The molecule has 0 spiro atoms. The molecule has 0 bridgehead atoms. The van der Waals surface area contributed by atoms with Crippen LogP contribution in [-0.4, -0.2) is 15.8 Å². The first-order valence-corrected chi connectivity index (χ1v) is 5.07. The molecule has 1 saturated carbocycles. The van der Waals surface area contributed by atoms with Gasteiger partial charge < -0.3 is 5.32 Å². The molecule has 1 aliphatic carbocycles. The lowest BCUT2D eigenvalue weighted by Gasteiger charge is -2.04. The Morgan fingerprint density at radius 1 is 1.62 bits per heavy atom. The number of nitro groups is 1. The van der Waals surface area contributed by atoms with Crippen LogP contribution in [0.4, 0.5) is 11.5 Å². The van der Waals surface area contributed by atoms with E-state index in [0.29, 0.717) is 0 Å². The predicted octanol–water partition coefficient (Wildman–Crippen LogP) is 1.99. The summed E-state index contributed by atoms with van der Waals surface area (Å²) in [5, 5.41) is 13.1. The van der Waals surface area contributed by atoms with Crippen molar-refractivity contribution in [3.63, 3.8) is 0 Å². The summed E-state index contributed by atoms with van der Waals surface area (Å²) in [6.45, 7) is 0. The zero-order valence-electron chi connectivity index (χ0n) is 8.14. The van der Waals surface area contributed by atoms with E-state index in [2.05, 4.69) is 10.3 Å². The smallest absolute Gasteiger partial charge is 0.305 e. The topological polar surface area (TPSA) is 85.1 Å². The monoisotopic (exact) mass is 241 g/mol. The van der Waals surface area contributed by atoms with Gasteiger partial charge in [0, 0.05) is 12.1 Å². The van der Waals surface area contributed by atoms with E-state index in [-0.39, 0.29) is 28.4 Å². The van der Waals surface area contributed by atoms with Crippen molar-refractivity contribution in [1.29, 1.82) is 0 Å². The summed E-state index contributed by atoms with van der Waals surface area (Å²) >= 11 is 5.67. The van der Waals surface area contributed by atoms with Gasteiger partial charge in [0.25, 0.3) is 0 Å². The van der Waals surface area contributed by atoms with Crippen LogP contribution < -0.4 is 5.32 Å². The van der Waals surface area contributed by atoms with Crippen molar-refractivity contribution in [3.8, 4) is 0 Å². The standard InChI is InChI=1S/C9H8ClN3O3/c10-6-3-4-11-8(7(6)13(15)16)12-9(14)5-1-2-5/h3-5H,1-2H2,(H,11,12,14). The van der Waals surface area contributed by atoms with Gasteiger partial charge in [0.15, 0.2) is 0 Å². The van der Waals surface area contributed by atoms with E-state index in [0.717, 1.165) is 12.8 Å². The fraction of sp³-hybridized carbons (Fsp3) is 0.333. The molecule has 0 aliphatic heterocycles. The van der Waals surface area contributed by atoms with Crippen molar-refractivity contribution in [2.45, 2.75) is 12.8 Å². The molecule has 1 N–H and O–H groups in total. The molecule has 1 fully saturated rings. The van der Waals surface area contributed by atoms with Gasteiger partial charge in [-0.05, 0) is 18.9 Å². The number of anilines is 1. The van der Waals surface area contributed by atoms with Crippen molar-refractivity contribution < 1.29 is 9.72 Å². The fourth-order valence-corrected chi connectivity index (χ4v) is 1.47. The van der Waals surface area contributed by atoms with E-state index in [4.69, 9.17) is 11.6 Å². The maximum Gasteiger partial charge on any atom is 0.330 e. The Bertz CT molecular complexity index is 459. The van der Waals surface area contributed by atoms with Crippen LogP contribution in [0.2, 0.25) is 5.02 Å². The van der Waals surface area contributed by atoms with Crippen LogP contribution in [0.1, 0.15) is 12.8 Å². The SMILES string of the molecule is O=C(Nc1nccc(Cl)c1[N+](=O)[O-])C1CC1. The summed E-state index contributed by atoms with van der Waals surface area (Å²) in [6, 6.07) is 1.31. The highest BCUT2D eigenvalue weighted by Gasteiger charge is 2.32. The van der Waals surface area contributed by atoms with Gasteiger partial charge in [-0.3, -0.25) is 14.9 Å². The van der Waals surface area contributed by atoms with E-state index in [1.165, 1.54) is 12.3 Å². The fourth-order valence-electron chi connectivity index (χ4n) is 1.26. The zero-order valence-corrected chi connectivity index (χ0v) is 8.90. The lowest BCUT2D eigenvalue weighted by Crippen LogP contribution is -2.15. The minimum atomic E-state index is -0.655. The summed E-state index contributed by atoms with van der Waals surface area (Å²) in [5.41, 5.74) is -0.363. The Morgan fingerprint density at radius 2 is 2.31 bits per heavy atom. The number of rotatable bonds is 3. The van der Waals surface area contributed by atoms with Crippen LogP contribution in [0.5, 0.6) is 0 Å². The Balaban J connectivity index is 2.28. The number of nitrogens with zero attached hydrogens (tertiary/aromatic N) is 2. The molecule has 0 radical (unpaired) electrons. The van der Waals surface area contributed by atoms with Gasteiger partial charge >= 0.3 is 5.69 Å². The van der Waals surface area contributed by atoms with Gasteiger partial charge in [-0.25, -0.2) is 4.98 Å². The van der Waals surface area contributed by atoms with E-state index < -0.39 is 4.92 Å². The second-order valence-corrected chi connectivity index (χ2v) is 3.92. The number of amides is 1. The average Bonchev–Trinajstić information content (AvgIpc) is 2.99. The number of hydrogen-bond acceptors (Lipinski definition) is 4. The third kappa shape index (κ3) is 2.11. The van der Waals surface area contributed by atoms with Crippen molar-refractivity contribution in [3.05, 3.63) is 27.4 Å². The molecule has 2 rings (SSSR count). The molecule has 1 aromatic rings. The van der Waals surface area contributed by atoms with Crippen LogP contribution in [0.25, 0.3) is 0 Å². The minimum absolute atomic E-state index is 0.0360. The highest BCUT2D eigenvalue weighted by molar-refractivity contribution is 6.33. The first kappa shape index (κ1) is 10.8. The Morgan fingerprint density at radius 3 is 2.88 bits per heavy atom. The van der Waals surface area contributed by atoms with E-state index >= 15 is 0 Å². The van der Waals surface area contributed by atoms with Gasteiger partial charge in [0.05, 0.1) is 4.92 Å². The van der Waals surface area contributed by atoms with E-state index in [1.54, 1.807) is 0 Å². The molecular formula is C9H8ClN3O3.